The van der Waals surface area contributed by atoms with Crippen molar-refractivity contribution in [2.75, 3.05) is 19.1 Å². The maximum atomic E-state index is 13.4. The number of methoxy groups -OCH3 is 2. The highest BCUT2D eigenvalue weighted by Crippen LogP contribution is 2.47. The quantitative estimate of drug-likeness (QED) is 0.473. The minimum Gasteiger partial charge on any atom is -0.493 e. The lowest BCUT2D eigenvalue weighted by molar-refractivity contribution is -0.384. The Morgan fingerprint density at radius 2 is 1.91 bits per heavy atom. The van der Waals surface area contributed by atoms with Gasteiger partial charge in [0.2, 0.25) is 5.91 Å². The molecule has 0 fully saturated rings. The molecule has 0 saturated heterocycles. The summed E-state index contributed by atoms with van der Waals surface area (Å²) in [5, 5.41) is 11.3. The summed E-state index contributed by atoms with van der Waals surface area (Å²) in [5.41, 5.74) is 1.84. The van der Waals surface area contributed by atoms with Crippen LogP contribution in [0.5, 0.6) is 11.5 Å². The van der Waals surface area contributed by atoms with Gasteiger partial charge in [-0.1, -0.05) is 23.7 Å². The van der Waals surface area contributed by atoms with Gasteiger partial charge >= 0.3 is 0 Å². The molecule has 1 aliphatic heterocycles. The maximum Gasteiger partial charge on any atom is 0.289 e. The Kier molecular flexibility index (Phi) is 5.88. The lowest BCUT2D eigenvalue weighted by Gasteiger charge is -2.38. The van der Waals surface area contributed by atoms with E-state index in [4.69, 9.17) is 21.1 Å². The van der Waals surface area contributed by atoms with E-state index in [2.05, 4.69) is 0 Å². The van der Waals surface area contributed by atoms with Gasteiger partial charge in [0.1, 0.15) is 5.02 Å². The van der Waals surface area contributed by atoms with Crippen LogP contribution in [0.3, 0.4) is 0 Å². The average Bonchev–Trinajstić information content (AvgIpc) is 2.78. The summed E-state index contributed by atoms with van der Waals surface area (Å²) in [6, 6.07) is 9.60. The van der Waals surface area contributed by atoms with Crippen LogP contribution in [0, 0.1) is 10.1 Å². The number of ketones is 1. The minimum absolute atomic E-state index is 0.0175. The van der Waals surface area contributed by atoms with E-state index < -0.39 is 10.8 Å². The number of nitro benzene ring substituents is 1. The summed E-state index contributed by atoms with van der Waals surface area (Å²) >= 11 is 5.96. The van der Waals surface area contributed by atoms with Crippen molar-refractivity contribution in [2.45, 2.75) is 31.6 Å². The molecular formula is C23H21ClN2O6. The first-order chi connectivity index (χ1) is 15.4. The molecule has 0 radical (unpaired) electrons. The van der Waals surface area contributed by atoms with Gasteiger partial charge in [0, 0.05) is 41.7 Å². The van der Waals surface area contributed by atoms with Gasteiger partial charge < -0.3 is 9.47 Å². The Labute approximate surface area is 189 Å². The van der Waals surface area contributed by atoms with Crippen molar-refractivity contribution < 1.29 is 24.0 Å². The molecule has 2 aliphatic rings. The molecular weight excluding hydrogens is 436 g/mol. The van der Waals surface area contributed by atoms with E-state index in [0.29, 0.717) is 53.3 Å². The molecule has 32 heavy (non-hydrogen) atoms. The van der Waals surface area contributed by atoms with Gasteiger partial charge in [0.25, 0.3) is 5.69 Å². The summed E-state index contributed by atoms with van der Waals surface area (Å²) < 4.78 is 11.0. The number of benzene rings is 2. The fourth-order valence-electron chi connectivity index (χ4n) is 4.52. The topological polar surface area (TPSA) is 99.0 Å². The van der Waals surface area contributed by atoms with Crippen molar-refractivity contribution in [1.82, 2.24) is 0 Å². The van der Waals surface area contributed by atoms with Crippen LogP contribution in [0.25, 0.3) is 0 Å². The monoisotopic (exact) mass is 456 g/mol. The van der Waals surface area contributed by atoms with Crippen molar-refractivity contribution in [2.24, 2.45) is 0 Å². The third kappa shape index (κ3) is 3.60. The van der Waals surface area contributed by atoms with Crippen molar-refractivity contribution in [3.63, 3.8) is 0 Å². The standard InChI is InChI=1S/C23H21ClN2O6/c1-31-20-8-3-5-14(23(20)32-2)15-12-21(28)25(17-6-4-7-19(27)22(15)17)13-9-10-16(24)18(11-13)26(29)30/h3,5,8-11,15H,4,6-7,12H2,1-2H3. The normalized spacial score (nSPS) is 18.5. The number of hydrogen-bond acceptors (Lipinski definition) is 6. The Bertz CT molecular complexity index is 1160. The van der Waals surface area contributed by atoms with Crippen LogP contribution in [0.1, 0.15) is 37.2 Å². The van der Waals surface area contributed by atoms with E-state index in [1.807, 2.05) is 6.07 Å². The largest absolute Gasteiger partial charge is 0.493 e. The minimum atomic E-state index is -0.592. The summed E-state index contributed by atoms with van der Waals surface area (Å²) in [5.74, 6) is 0.202. The van der Waals surface area contributed by atoms with E-state index in [9.17, 15) is 19.7 Å². The van der Waals surface area contributed by atoms with E-state index >= 15 is 0 Å². The first kappa shape index (κ1) is 21.8. The second kappa shape index (κ2) is 8.63. The number of rotatable bonds is 5. The molecule has 166 valence electrons. The molecule has 1 atom stereocenters. The maximum absolute atomic E-state index is 13.4. The third-order valence-corrected chi connectivity index (χ3v) is 6.19. The molecule has 1 unspecified atom stereocenters. The number of Topliss-reactive ketones (excluding diaryl/α,β-unsaturated/α-hetero) is 1. The Hall–Kier alpha value is -3.39. The van der Waals surface area contributed by atoms with Crippen molar-refractivity contribution in [3.8, 4) is 11.5 Å². The molecule has 8 nitrogen and oxygen atoms in total. The van der Waals surface area contributed by atoms with Crippen LogP contribution in [-0.2, 0) is 9.59 Å². The zero-order valence-corrected chi connectivity index (χ0v) is 18.3. The summed E-state index contributed by atoms with van der Waals surface area (Å²) in [7, 11) is 3.04. The van der Waals surface area contributed by atoms with Gasteiger partial charge in [-0.3, -0.25) is 24.6 Å². The summed E-state index contributed by atoms with van der Waals surface area (Å²) in [4.78, 5) is 38.7. The molecule has 4 rings (SSSR count). The SMILES string of the molecule is COc1cccc(C2CC(=O)N(c3ccc(Cl)c([N+](=O)[O-])c3)C3=C2C(=O)CCC3)c1OC. The Morgan fingerprint density at radius 3 is 2.59 bits per heavy atom. The van der Waals surface area contributed by atoms with Gasteiger partial charge in [-0.25, -0.2) is 0 Å². The number of carbonyl (C=O) groups is 2. The number of nitro groups is 1. The molecule has 0 spiro atoms. The average molecular weight is 457 g/mol. The molecule has 1 aliphatic carbocycles. The number of anilines is 1. The Morgan fingerprint density at radius 1 is 1.12 bits per heavy atom. The predicted molar refractivity (Wildman–Crippen MR) is 118 cm³/mol. The van der Waals surface area contributed by atoms with Gasteiger partial charge in [-0.15, -0.1) is 0 Å². The number of allylic oxidation sites excluding steroid dienone is 2. The zero-order valence-electron chi connectivity index (χ0n) is 17.6. The number of amides is 1. The first-order valence-electron chi connectivity index (χ1n) is 10.1. The van der Waals surface area contributed by atoms with Crippen molar-refractivity contribution >= 4 is 34.7 Å². The molecule has 9 heteroatoms. The van der Waals surface area contributed by atoms with E-state index in [0.717, 1.165) is 0 Å². The first-order valence-corrected chi connectivity index (χ1v) is 10.5. The van der Waals surface area contributed by atoms with Crippen LogP contribution >= 0.6 is 11.6 Å². The number of carbonyl (C=O) groups excluding carboxylic acids is 2. The molecule has 0 aromatic heterocycles. The predicted octanol–water partition coefficient (Wildman–Crippen LogP) is 4.79. The van der Waals surface area contributed by atoms with Crippen molar-refractivity contribution in [1.29, 1.82) is 0 Å². The number of nitrogens with zero attached hydrogens (tertiary/aromatic N) is 2. The molecule has 0 N–H and O–H groups in total. The molecule has 2 aromatic rings. The molecule has 1 heterocycles. The molecule has 2 aromatic carbocycles. The van der Waals surface area contributed by atoms with E-state index in [1.54, 1.807) is 18.2 Å². The lowest BCUT2D eigenvalue weighted by Crippen LogP contribution is -2.40. The smallest absolute Gasteiger partial charge is 0.289 e. The van der Waals surface area contributed by atoms with Gasteiger partial charge in [-0.2, -0.15) is 0 Å². The highest BCUT2D eigenvalue weighted by molar-refractivity contribution is 6.32. The summed E-state index contributed by atoms with van der Waals surface area (Å²) in [6.45, 7) is 0. The second-order valence-electron chi connectivity index (χ2n) is 7.60. The van der Waals surface area contributed by atoms with Crippen LogP contribution < -0.4 is 14.4 Å². The molecule has 0 saturated carbocycles. The summed E-state index contributed by atoms with van der Waals surface area (Å²) in [6.07, 6.45) is 1.50. The number of halogens is 1. The number of ether oxygens (including phenoxy) is 2. The third-order valence-electron chi connectivity index (χ3n) is 5.87. The van der Waals surface area contributed by atoms with Crippen molar-refractivity contribution in [3.05, 3.63) is 68.4 Å². The number of hydrogen-bond donors (Lipinski definition) is 0. The lowest BCUT2D eigenvalue weighted by atomic mass is 9.76. The van der Waals surface area contributed by atoms with Crippen LogP contribution in [-0.4, -0.2) is 30.8 Å². The molecule has 0 bridgehead atoms. The fraction of sp³-hybridized carbons (Fsp3) is 0.304. The number of para-hydroxylation sites is 1. The molecule has 1 amide bonds. The van der Waals surface area contributed by atoms with Crippen LogP contribution in [0.4, 0.5) is 11.4 Å². The van der Waals surface area contributed by atoms with Gasteiger partial charge in [0.05, 0.1) is 24.8 Å². The highest BCUT2D eigenvalue weighted by atomic mass is 35.5. The second-order valence-corrected chi connectivity index (χ2v) is 8.01. The highest BCUT2D eigenvalue weighted by Gasteiger charge is 2.41. The Balaban J connectivity index is 1.90. The van der Waals surface area contributed by atoms with Gasteiger partial charge in [-0.05, 0) is 31.0 Å². The van der Waals surface area contributed by atoms with Crippen LogP contribution in [0.15, 0.2) is 47.7 Å². The van der Waals surface area contributed by atoms with Gasteiger partial charge in [0.15, 0.2) is 17.3 Å². The van der Waals surface area contributed by atoms with E-state index in [-0.39, 0.29) is 28.8 Å². The fourth-order valence-corrected chi connectivity index (χ4v) is 4.71. The zero-order chi connectivity index (χ0) is 23.0. The van der Waals surface area contributed by atoms with E-state index in [1.165, 1.54) is 31.3 Å². The van der Waals surface area contributed by atoms with Crippen LogP contribution in [0.2, 0.25) is 5.02 Å².